The number of ketones is 1. The normalized spacial score (nSPS) is 12.0. The van der Waals surface area contributed by atoms with Gasteiger partial charge in [0.25, 0.3) is 0 Å². The van der Waals surface area contributed by atoms with E-state index in [1.54, 1.807) is 18.2 Å². The van der Waals surface area contributed by atoms with E-state index in [0.29, 0.717) is 30.3 Å². The second kappa shape index (κ2) is 6.50. The number of carbonyl (C=O) groups is 1. The molecule has 1 aromatic rings. The predicted octanol–water partition coefficient (Wildman–Crippen LogP) is 3.35. The van der Waals surface area contributed by atoms with Crippen LogP contribution in [0.15, 0.2) is 18.2 Å². The van der Waals surface area contributed by atoms with Gasteiger partial charge in [-0.1, -0.05) is 0 Å². The molecule has 17 heavy (non-hydrogen) atoms. The Morgan fingerprint density at radius 3 is 2.00 bits per heavy atom. The molecule has 1 aromatic carbocycles. The van der Waals surface area contributed by atoms with Crippen molar-refractivity contribution < 1.29 is 14.3 Å². The van der Waals surface area contributed by atoms with Gasteiger partial charge in [0.2, 0.25) is 0 Å². The second-order valence-corrected chi connectivity index (χ2v) is 4.01. The van der Waals surface area contributed by atoms with Crippen LogP contribution in [0, 0.1) is 0 Å². The number of hydrogen-bond donors (Lipinski definition) is 0. The Balaban J connectivity index is 3.06. The Morgan fingerprint density at radius 2 is 1.65 bits per heavy atom. The van der Waals surface area contributed by atoms with Crippen molar-refractivity contribution in [2.24, 2.45) is 0 Å². The number of benzene rings is 1. The molecule has 1 rings (SSSR count). The Kier molecular flexibility index (Phi) is 5.29. The van der Waals surface area contributed by atoms with Gasteiger partial charge in [-0.05, 0) is 38.5 Å². The quantitative estimate of drug-likeness (QED) is 0.732. The van der Waals surface area contributed by atoms with Crippen LogP contribution in [0.25, 0.3) is 0 Å². The molecule has 0 aliphatic rings. The second-order valence-electron chi connectivity index (χ2n) is 3.58. The molecule has 1 atom stereocenters. The van der Waals surface area contributed by atoms with Gasteiger partial charge in [-0.25, -0.2) is 0 Å². The fourth-order valence-electron chi connectivity index (χ4n) is 1.47. The van der Waals surface area contributed by atoms with Crippen molar-refractivity contribution in [3.05, 3.63) is 23.8 Å². The van der Waals surface area contributed by atoms with E-state index >= 15 is 0 Å². The van der Waals surface area contributed by atoms with Crippen molar-refractivity contribution in [2.75, 3.05) is 13.2 Å². The molecule has 0 aliphatic heterocycles. The molecule has 0 spiro atoms. The summed E-state index contributed by atoms with van der Waals surface area (Å²) in [5.41, 5.74) is 0.702. The number of alkyl halides is 1. The van der Waals surface area contributed by atoms with Gasteiger partial charge in [0.05, 0.1) is 13.2 Å². The molecule has 0 saturated carbocycles. The Labute approximate surface area is 107 Å². The fourth-order valence-corrected chi connectivity index (χ4v) is 1.60. The van der Waals surface area contributed by atoms with E-state index in [-0.39, 0.29) is 5.78 Å². The zero-order chi connectivity index (χ0) is 12.8. The molecule has 0 radical (unpaired) electrons. The summed E-state index contributed by atoms with van der Waals surface area (Å²) in [6.45, 7) is 6.38. The van der Waals surface area contributed by atoms with Crippen molar-refractivity contribution in [1.29, 1.82) is 0 Å². The zero-order valence-electron chi connectivity index (χ0n) is 10.3. The first kappa shape index (κ1) is 13.8. The van der Waals surface area contributed by atoms with Crippen molar-refractivity contribution in [1.82, 2.24) is 0 Å². The smallest absolute Gasteiger partial charge is 0.152 e. The standard InChI is InChI=1S/C13H17ClO3/c1-4-16-11-6-10(13(14)9(3)15)7-12(8-11)17-5-2/h6-8,13H,4-5H2,1-3H3. The minimum absolute atomic E-state index is 0.0947. The summed E-state index contributed by atoms with van der Waals surface area (Å²) >= 11 is 6.02. The first-order valence-corrected chi connectivity index (χ1v) is 6.07. The van der Waals surface area contributed by atoms with Crippen LogP contribution in [0.4, 0.5) is 0 Å². The molecular formula is C13H17ClO3. The Hall–Kier alpha value is -1.22. The third kappa shape index (κ3) is 3.93. The first-order chi connectivity index (χ1) is 8.08. The molecule has 4 heteroatoms. The highest BCUT2D eigenvalue weighted by molar-refractivity contribution is 6.30. The SMILES string of the molecule is CCOc1cc(OCC)cc(C(Cl)C(C)=O)c1. The van der Waals surface area contributed by atoms with E-state index in [1.165, 1.54) is 6.92 Å². The minimum Gasteiger partial charge on any atom is -0.494 e. The number of carbonyl (C=O) groups excluding carboxylic acids is 1. The lowest BCUT2D eigenvalue weighted by atomic mass is 10.1. The van der Waals surface area contributed by atoms with E-state index < -0.39 is 5.38 Å². The maximum Gasteiger partial charge on any atom is 0.152 e. The topological polar surface area (TPSA) is 35.5 Å². The molecule has 0 saturated heterocycles. The van der Waals surface area contributed by atoms with Crippen LogP contribution in [-0.4, -0.2) is 19.0 Å². The van der Waals surface area contributed by atoms with E-state index in [9.17, 15) is 4.79 Å². The Bertz CT molecular complexity index is 366. The lowest BCUT2D eigenvalue weighted by molar-refractivity contribution is -0.116. The van der Waals surface area contributed by atoms with E-state index in [1.807, 2.05) is 13.8 Å². The fraction of sp³-hybridized carbons (Fsp3) is 0.462. The molecular weight excluding hydrogens is 240 g/mol. The van der Waals surface area contributed by atoms with Crippen LogP contribution in [-0.2, 0) is 4.79 Å². The molecule has 0 N–H and O–H groups in total. The highest BCUT2D eigenvalue weighted by Gasteiger charge is 2.15. The van der Waals surface area contributed by atoms with Crippen LogP contribution in [0.2, 0.25) is 0 Å². The molecule has 0 aromatic heterocycles. The highest BCUT2D eigenvalue weighted by Crippen LogP contribution is 2.30. The molecule has 0 heterocycles. The van der Waals surface area contributed by atoms with Gasteiger partial charge in [-0.15, -0.1) is 11.6 Å². The molecule has 1 unspecified atom stereocenters. The average molecular weight is 257 g/mol. The maximum absolute atomic E-state index is 11.3. The van der Waals surface area contributed by atoms with E-state index in [0.717, 1.165) is 0 Å². The molecule has 94 valence electrons. The zero-order valence-corrected chi connectivity index (χ0v) is 11.1. The lowest BCUT2D eigenvalue weighted by Gasteiger charge is -2.12. The average Bonchev–Trinajstić information content (AvgIpc) is 2.28. The summed E-state index contributed by atoms with van der Waals surface area (Å²) in [7, 11) is 0. The number of hydrogen-bond acceptors (Lipinski definition) is 3. The molecule has 0 fully saturated rings. The third-order valence-corrected chi connectivity index (χ3v) is 2.73. The minimum atomic E-state index is -0.658. The van der Waals surface area contributed by atoms with Gasteiger partial charge in [-0.3, -0.25) is 4.79 Å². The van der Waals surface area contributed by atoms with Crippen molar-refractivity contribution >= 4 is 17.4 Å². The predicted molar refractivity (Wildman–Crippen MR) is 68.1 cm³/mol. The summed E-state index contributed by atoms with van der Waals surface area (Å²) in [5.74, 6) is 1.24. The number of rotatable bonds is 6. The van der Waals surface area contributed by atoms with Gasteiger partial charge in [0, 0.05) is 6.07 Å². The van der Waals surface area contributed by atoms with E-state index in [2.05, 4.69) is 0 Å². The van der Waals surface area contributed by atoms with Crippen molar-refractivity contribution in [3.8, 4) is 11.5 Å². The number of Topliss-reactive ketones (excluding diaryl/α,β-unsaturated/α-hetero) is 1. The third-order valence-electron chi connectivity index (χ3n) is 2.17. The number of ether oxygens (including phenoxy) is 2. The molecule has 0 amide bonds. The molecule has 0 aliphatic carbocycles. The monoisotopic (exact) mass is 256 g/mol. The summed E-state index contributed by atoms with van der Waals surface area (Å²) in [4.78, 5) is 11.3. The van der Waals surface area contributed by atoms with Crippen molar-refractivity contribution in [2.45, 2.75) is 26.1 Å². The van der Waals surface area contributed by atoms with Crippen LogP contribution in [0.3, 0.4) is 0 Å². The van der Waals surface area contributed by atoms with Crippen LogP contribution in [0.1, 0.15) is 31.7 Å². The van der Waals surface area contributed by atoms with E-state index in [4.69, 9.17) is 21.1 Å². The summed E-state index contributed by atoms with van der Waals surface area (Å²) in [5, 5.41) is -0.658. The van der Waals surface area contributed by atoms with Crippen LogP contribution >= 0.6 is 11.6 Å². The van der Waals surface area contributed by atoms with Gasteiger partial charge in [0.15, 0.2) is 5.78 Å². The van der Waals surface area contributed by atoms with Gasteiger partial charge < -0.3 is 9.47 Å². The summed E-state index contributed by atoms with van der Waals surface area (Å²) in [6.07, 6.45) is 0. The van der Waals surface area contributed by atoms with Crippen LogP contribution < -0.4 is 9.47 Å². The molecule has 3 nitrogen and oxygen atoms in total. The summed E-state index contributed by atoms with van der Waals surface area (Å²) < 4.78 is 10.8. The van der Waals surface area contributed by atoms with Gasteiger partial charge >= 0.3 is 0 Å². The Morgan fingerprint density at radius 1 is 1.18 bits per heavy atom. The van der Waals surface area contributed by atoms with Crippen molar-refractivity contribution in [3.63, 3.8) is 0 Å². The summed E-state index contributed by atoms with van der Waals surface area (Å²) in [6, 6.07) is 5.33. The number of halogens is 1. The first-order valence-electron chi connectivity index (χ1n) is 5.63. The highest BCUT2D eigenvalue weighted by atomic mass is 35.5. The van der Waals surface area contributed by atoms with Gasteiger partial charge in [-0.2, -0.15) is 0 Å². The van der Waals surface area contributed by atoms with Crippen LogP contribution in [0.5, 0.6) is 11.5 Å². The molecule has 0 bridgehead atoms. The van der Waals surface area contributed by atoms with Gasteiger partial charge in [0.1, 0.15) is 16.9 Å². The maximum atomic E-state index is 11.3. The lowest BCUT2D eigenvalue weighted by Crippen LogP contribution is -2.03. The largest absolute Gasteiger partial charge is 0.494 e.